The lowest BCUT2D eigenvalue weighted by molar-refractivity contribution is 0.310. The lowest BCUT2D eigenvalue weighted by atomic mass is 10.3. The maximum Gasteiger partial charge on any atom is 0.159 e. The molecule has 0 unspecified atom stereocenters. The quantitative estimate of drug-likeness (QED) is 0.624. The van der Waals surface area contributed by atoms with Crippen LogP contribution in [-0.2, 0) is 4.74 Å². The van der Waals surface area contributed by atoms with E-state index in [0.717, 1.165) is 19.4 Å². The largest absolute Gasteiger partial charge is 0.486 e. The van der Waals surface area contributed by atoms with E-state index in [2.05, 4.69) is 4.90 Å². The van der Waals surface area contributed by atoms with Gasteiger partial charge in [0.2, 0.25) is 0 Å². The number of rotatable bonds is 6. The van der Waals surface area contributed by atoms with Gasteiger partial charge in [0.05, 0.1) is 0 Å². The second-order valence-electron chi connectivity index (χ2n) is 2.92. The molecule has 72 valence electrons. The first-order chi connectivity index (χ1) is 5.66. The molecule has 0 fully saturated rings. The van der Waals surface area contributed by atoms with Gasteiger partial charge >= 0.3 is 0 Å². The van der Waals surface area contributed by atoms with Crippen LogP contribution in [0, 0.1) is 0 Å². The van der Waals surface area contributed by atoms with Crippen molar-refractivity contribution in [1.82, 2.24) is 4.90 Å². The molecule has 0 heterocycles. The Bertz CT molecular complexity index is 128. The summed E-state index contributed by atoms with van der Waals surface area (Å²) in [6.45, 7) is 2.13. The zero-order valence-corrected chi connectivity index (χ0v) is 8.69. The van der Waals surface area contributed by atoms with E-state index in [4.69, 9.17) is 22.7 Å². The van der Waals surface area contributed by atoms with Gasteiger partial charge in [-0.05, 0) is 39.3 Å². The van der Waals surface area contributed by atoms with Crippen LogP contribution in [0.15, 0.2) is 0 Å². The van der Waals surface area contributed by atoms with Crippen LogP contribution in [0.25, 0.3) is 0 Å². The molecule has 0 radical (unpaired) electrons. The van der Waals surface area contributed by atoms with Crippen molar-refractivity contribution in [3.05, 3.63) is 0 Å². The maximum absolute atomic E-state index is 5.26. The van der Waals surface area contributed by atoms with Crippen molar-refractivity contribution in [3.63, 3.8) is 0 Å². The zero-order valence-electron chi connectivity index (χ0n) is 7.88. The number of thiocarbonyl (C=S) groups is 1. The summed E-state index contributed by atoms with van der Waals surface area (Å²) in [5.41, 5.74) is 5.26. The summed E-state index contributed by atoms with van der Waals surface area (Å²) in [5, 5.41) is 0.683. The lowest BCUT2D eigenvalue weighted by Gasteiger charge is -2.09. The molecule has 0 aromatic rings. The fourth-order valence-corrected chi connectivity index (χ4v) is 1.01. The van der Waals surface area contributed by atoms with Crippen LogP contribution in [0.5, 0.6) is 0 Å². The van der Waals surface area contributed by atoms with Gasteiger partial charge in [0, 0.05) is 13.0 Å². The fourth-order valence-electron chi connectivity index (χ4n) is 0.785. The summed E-state index contributed by atoms with van der Waals surface area (Å²) < 4.78 is 5.16. The number of ether oxygens (including phenoxy) is 1. The van der Waals surface area contributed by atoms with Crippen molar-refractivity contribution < 1.29 is 4.74 Å². The summed E-state index contributed by atoms with van der Waals surface area (Å²) >= 11 is 4.98. The van der Waals surface area contributed by atoms with E-state index in [1.165, 1.54) is 0 Å². The summed E-state index contributed by atoms with van der Waals surface area (Å²) in [5.74, 6) is 0. The van der Waals surface area contributed by atoms with Gasteiger partial charge in [0.15, 0.2) is 5.05 Å². The van der Waals surface area contributed by atoms with Gasteiger partial charge in [0.1, 0.15) is 6.61 Å². The number of nitrogens with two attached hydrogens (primary N) is 1. The molecule has 0 aliphatic heterocycles. The first kappa shape index (κ1) is 11.8. The second-order valence-corrected chi connectivity index (χ2v) is 3.37. The fraction of sp³-hybridized carbons (Fsp3) is 0.875. The lowest BCUT2D eigenvalue weighted by Crippen LogP contribution is -2.16. The Hall–Kier alpha value is -0.190. The number of nitrogens with zero attached hydrogens (tertiary/aromatic N) is 1. The molecule has 4 heteroatoms. The molecule has 0 aromatic carbocycles. The van der Waals surface area contributed by atoms with E-state index in [9.17, 15) is 0 Å². The van der Waals surface area contributed by atoms with Crippen LogP contribution in [-0.4, -0.2) is 43.7 Å². The van der Waals surface area contributed by atoms with Crippen LogP contribution in [0.2, 0.25) is 0 Å². The van der Waals surface area contributed by atoms with Crippen molar-refractivity contribution >= 4 is 17.3 Å². The first-order valence-electron chi connectivity index (χ1n) is 4.17. The van der Waals surface area contributed by atoms with E-state index in [1.54, 1.807) is 0 Å². The topological polar surface area (TPSA) is 38.5 Å². The highest BCUT2D eigenvalue weighted by Crippen LogP contribution is 1.95. The SMILES string of the molecule is CN(C)CCCC(=S)OCCN. The Morgan fingerprint density at radius 3 is 2.67 bits per heavy atom. The molecule has 0 amide bonds. The van der Waals surface area contributed by atoms with E-state index in [0.29, 0.717) is 18.2 Å². The predicted octanol–water partition coefficient (Wildman–Crippen LogP) is 0.631. The highest BCUT2D eigenvalue weighted by molar-refractivity contribution is 7.80. The third-order valence-corrected chi connectivity index (χ3v) is 1.69. The van der Waals surface area contributed by atoms with Gasteiger partial charge in [-0.2, -0.15) is 0 Å². The minimum absolute atomic E-state index is 0.536. The van der Waals surface area contributed by atoms with E-state index in [1.807, 2.05) is 14.1 Å². The van der Waals surface area contributed by atoms with Crippen LogP contribution >= 0.6 is 12.2 Å². The molecule has 0 saturated heterocycles. The monoisotopic (exact) mass is 190 g/mol. The van der Waals surface area contributed by atoms with E-state index >= 15 is 0 Å². The minimum Gasteiger partial charge on any atom is -0.486 e. The molecule has 3 nitrogen and oxygen atoms in total. The molecule has 0 spiro atoms. The maximum atomic E-state index is 5.26. The smallest absolute Gasteiger partial charge is 0.159 e. The normalized spacial score (nSPS) is 10.3. The summed E-state index contributed by atoms with van der Waals surface area (Å²) in [6.07, 6.45) is 1.91. The van der Waals surface area contributed by atoms with Crippen LogP contribution in [0.4, 0.5) is 0 Å². The number of hydrogen-bond donors (Lipinski definition) is 1. The third kappa shape index (κ3) is 7.91. The molecule has 0 saturated carbocycles. The third-order valence-electron chi connectivity index (χ3n) is 1.37. The molecule has 0 aliphatic rings. The molecular formula is C8H18N2OS. The van der Waals surface area contributed by atoms with Crippen LogP contribution in [0.3, 0.4) is 0 Å². The highest BCUT2D eigenvalue weighted by Gasteiger charge is 1.97. The zero-order chi connectivity index (χ0) is 9.40. The van der Waals surface area contributed by atoms with Crippen molar-refractivity contribution in [1.29, 1.82) is 0 Å². The average Bonchev–Trinajstić information content (AvgIpc) is 2.00. The first-order valence-corrected chi connectivity index (χ1v) is 4.58. The molecule has 0 rings (SSSR count). The molecule has 0 aromatic heterocycles. The molecule has 0 atom stereocenters. The molecule has 12 heavy (non-hydrogen) atoms. The standard InChI is InChI=1S/C8H18N2OS/c1-10(2)6-3-4-8(12)11-7-5-9/h3-7,9H2,1-2H3. The van der Waals surface area contributed by atoms with Crippen molar-refractivity contribution in [3.8, 4) is 0 Å². The van der Waals surface area contributed by atoms with E-state index in [-0.39, 0.29) is 0 Å². The van der Waals surface area contributed by atoms with Crippen LogP contribution < -0.4 is 5.73 Å². The molecular weight excluding hydrogens is 172 g/mol. The van der Waals surface area contributed by atoms with E-state index < -0.39 is 0 Å². The summed E-state index contributed by atoms with van der Waals surface area (Å²) in [6, 6.07) is 0. The molecule has 2 N–H and O–H groups in total. The Labute approximate surface area is 79.9 Å². The van der Waals surface area contributed by atoms with Gasteiger partial charge in [-0.3, -0.25) is 0 Å². The van der Waals surface area contributed by atoms with Gasteiger partial charge in [-0.15, -0.1) is 0 Å². The van der Waals surface area contributed by atoms with Crippen LogP contribution in [0.1, 0.15) is 12.8 Å². The predicted molar refractivity (Wildman–Crippen MR) is 55.4 cm³/mol. The average molecular weight is 190 g/mol. The Morgan fingerprint density at radius 1 is 1.50 bits per heavy atom. The Kier molecular flexibility index (Phi) is 7.34. The van der Waals surface area contributed by atoms with Crippen molar-refractivity contribution in [2.75, 3.05) is 33.8 Å². The molecule has 0 bridgehead atoms. The van der Waals surface area contributed by atoms with Crippen molar-refractivity contribution in [2.45, 2.75) is 12.8 Å². The Balaban J connectivity index is 3.20. The van der Waals surface area contributed by atoms with Crippen molar-refractivity contribution in [2.24, 2.45) is 5.73 Å². The van der Waals surface area contributed by atoms with Gasteiger partial charge in [0.25, 0.3) is 0 Å². The van der Waals surface area contributed by atoms with Gasteiger partial charge < -0.3 is 15.4 Å². The number of hydrogen-bond acceptors (Lipinski definition) is 4. The summed E-state index contributed by atoms with van der Waals surface area (Å²) in [4.78, 5) is 2.13. The second kappa shape index (κ2) is 7.46. The highest BCUT2D eigenvalue weighted by atomic mass is 32.1. The van der Waals surface area contributed by atoms with Gasteiger partial charge in [-0.25, -0.2) is 0 Å². The minimum atomic E-state index is 0.536. The Morgan fingerprint density at radius 2 is 2.17 bits per heavy atom. The summed E-state index contributed by atoms with van der Waals surface area (Å²) in [7, 11) is 4.09. The molecule has 0 aliphatic carbocycles. The van der Waals surface area contributed by atoms with Gasteiger partial charge in [-0.1, -0.05) is 0 Å².